The highest BCUT2D eigenvalue weighted by Gasteiger charge is 2.34. The van der Waals surface area contributed by atoms with E-state index in [-0.39, 0.29) is 23.8 Å². The third-order valence-corrected chi connectivity index (χ3v) is 5.06. The Kier molecular flexibility index (Phi) is 3.60. The quantitative estimate of drug-likeness (QED) is 0.777. The van der Waals surface area contributed by atoms with Crippen LogP contribution in [0.4, 0.5) is 0 Å². The standard InChI is InChI=1S/C14H17NO3S/c1-10(2)13-8-15(9-14(13)16)19(17,18)12-6-4-11(3)5-7-12/h4-7H,8-9H2,1-3H3. The average molecular weight is 279 g/mol. The van der Waals surface area contributed by atoms with Gasteiger partial charge in [0.15, 0.2) is 5.78 Å². The number of benzene rings is 1. The maximum Gasteiger partial charge on any atom is 0.243 e. The van der Waals surface area contributed by atoms with Crippen molar-refractivity contribution in [1.29, 1.82) is 0 Å². The molecule has 19 heavy (non-hydrogen) atoms. The van der Waals surface area contributed by atoms with Gasteiger partial charge in [0.05, 0.1) is 11.4 Å². The highest BCUT2D eigenvalue weighted by molar-refractivity contribution is 7.89. The zero-order valence-electron chi connectivity index (χ0n) is 11.3. The van der Waals surface area contributed by atoms with Gasteiger partial charge in [-0.1, -0.05) is 23.3 Å². The van der Waals surface area contributed by atoms with Crippen molar-refractivity contribution in [3.05, 3.63) is 41.0 Å². The summed E-state index contributed by atoms with van der Waals surface area (Å²) >= 11 is 0. The summed E-state index contributed by atoms with van der Waals surface area (Å²) < 4.78 is 26.1. The lowest BCUT2D eigenvalue weighted by Gasteiger charge is -2.14. The normalized spacial score (nSPS) is 17.0. The Morgan fingerprint density at radius 1 is 1.11 bits per heavy atom. The second kappa shape index (κ2) is 4.90. The SMILES string of the molecule is CC(C)=C1CN(S(=O)(=O)c2ccc(C)cc2)CC1=O. The third kappa shape index (κ3) is 2.62. The van der Waals surface area contributed by atoms with Crippen LogP contribution in [0.15, 0.2) is 40.3 Å². The van der Waals surface area contributed by atoms with Crippen molar-refractivity contribution in [3.63, 3.8) is 0 Å². The Morgan fingerprint density at radius 3 is 2.16 bits per heavy atom. The van der Waals surface area contributed by atoms with Gasteiger partial charge in [-0.25, -0.2) is 8.42 Å². The van der Waals surface area contributed by atoms with Gasteiger partial charge < -0.3 is 0 Å². The Balaban J connectivity index is 2.35. The summed E-state index contributed by atoms with van der Waals surface area (Å²) in [6.45, 7) is 5.68. The molecular formula is C14H17NO3S. The topological polar surface area (TPSA) is 54.5 Å². The number of nitrogens with zero attached hydrogens (tertiary/aromatic N) is 1. The van der Waals surface area contributed by atoms with Crippen LogP contribution >= 0.6 is 0 Å². The molecule has 0 amide bonds. The van der Waals surface area contributed by atoms with Crippen molar-refractivity contribution in [3.8, 4) is 0 Å². The van der Waals surface area contributed by atoms with Crippen molar-refractivity contribution in [1.82, 2.24) is 4.31 Å². The lowest BCUT2D eigenvalue weighted by molar-refractivity contribution is -0.114. The summed E-state index contributed by atoms with van der Waals surface area (Å²) in [7, 11) is -3.58. The first-order valence-corrected chi connectivity index (χ1v) is 7.53. The Hall–Kier alpha value is -1.46. The number of Topliss-reactive ketones (excluding diaryl/α,β-unsaturated/α-hetero) is 1. The van der Waals surface area contributed by atoms with E-state index < -0.39 is 10.0 Å². The minimum Gasteiger partial charge on any atom is -0.293 e. The molecule has 102 valence electrons. The van der Waals surface area contributed by atoms with E-state index in [1.807, 2.05) is 20.8 Å². The van der Waals surface area contributed by atoms with E-state index >= 15 is 0 Å². The number of sulfonamides is 1. The number of carbonyl (C=O) groups is 1. The van der Waals surface area contributed by atoms with Crippen LogP contribution in [0.2, 0.25) is 0 Å². The second-order valence-corrected chi connectivity index (χ2v) is 6.93. The van der Waals surface area contributed by atoms with Gasteiger partial charge in [-0.2, -0.15) is 4.31 Å². The molecule has 0 spiro atoms. The fraction of sp³-hybridized carbons (Fsp3) is 0.357. The van der Waals surface area contributed by atoms with Crippen molar-refractivity contribution in [2.45, 2.75) is 25.7 Å². The molecule has 0 atom stereocenters. The van der Waals surface area contributed by atoms with Gasteiger partial charge >= 0.3 is 0 Å². The van der Waals surface area contributed by atoms with Crippen LogP contribution in [-0.2, 0) is 14.8 Å². The molecule has 0 unspecified atom stereocenters. The molecule has 1 saturated heterocycles. The van der Waals surface area contributed by atoms with Crippen molar-refractivity contribution in [2.24, 2.45) is 0 Å². The molecule has 1 aromatic rings. The first kappa shape index (κ1) is 14.0. The summed E-state index contributed by atoms with van der Waals surface area (Å²) in [6.07, 6.45) is 0. The van der Waals surface area contributed by atoms with Crippen LogP contribution in [0.25, 0.3) is 0 Å². The lowest BCUT2D eigenvalue weighted by Crippen LogP contribution is -2.29. The van der Waals surface area contributed by atoms with E-state index in [1.165, 1.54) is 4.31 Å². The largest absolute Gasteiger partial charge is 0.293 e. The summed E-state index contributed by atoms with van der Waals surface area (Å²) in [5, 5.41) is 0. The molecule has 0 N–H and O–H groups in total. The molecular weight excluding hydrogens is 262 g/mol. The minimum absolute atomic E-state index is 0.0588. The molecule has 1 aromatic carbocycles. The number of allylic oxidation sites excluding steroid dienone is 1. The van der Waals surface area contributed by atoms with E-state index in [0.29, 0.717) is 5.57 Å². The van der Waals surface area contributed by atoms with Crippen LogP contribution in [0, 0.1) is 6.92 Å². The monoisotopic (exact) mass is 279 g/mol. The summed E-state index contributed by atoms with van der Waals surface area (Å²) in [6, 6.07) is 6.67. The number of aryl methyl sites for hydroxylation is 1. The zero-order chi connectivity index (χ0) is 14.2. The molecule has 2 rings (SSSR count). The first-order valence-electron chi connectivity index (χ1n) is 6.09. The predicted molar refractivity (Wildman–Crippen MR) is 73.3 cm³/mol. The van der Waals surface area contributed by atoms with Gasteiger partial charge in [0.25, 0.3) is 0 Å². The van der Waals surface area contributed by atoms with Crippen LogP contribution < -0.4 is 0 Å². The number of ketones is 1. The molecule has 0 radical (unpaired) electrons. The molecule has 0 aromatic heterocycles. The van der Waals surface area contributed by atoms with E-state index in [2.05, 4.69) is 0 Å². The van der Waals surface area contributed by atoms with Gasteiger partial charge in [-0.15, -0.1) is 0 Å². The fourth-order valence-electron chi connectivity index (χ4n) is 2.04. The van der Waals surface area contributed by atoms with Gasteiger partial charge in [-0.3, -0.25) is 4.79 Å². The van der Waals surface area contributed by atoms with Crippen molar-refractivity contribution < 1.29 is 13.2 Å². The Labute approximate surface area is 113 Å². The number of carbonyl (C=O) groups excluding carboxylic acids is 1. The molecule has 0 aliphatic carbocycles. The number of hydrogen-bond acceptors (Lipinski definition) is 3. The highest BCUT2D eigenvalue weighted by atomic mass is 32.2. The fourth-order valence-corrected chi connectivity index (χ4v) is 3.41. The molecule has 1 heterocycles. The van der Waals surface area contributed by atoms with Gasteiger partial charge in [0.1, 0.15) is 0 Å². The molecule has 0 saturated carbocycles. The lowest BCUT2D eigenvalue weighted by atomic mass is 10.1. The molecule has 1 aliphatic rings. The Bertz CT molecular complexity index is 638. The first-order chi connectivity index (χ1) is 8.82. The molecule has 4 nitrogen and oxygen atoms in total. The average Bonchev–Trinajstić information content (AvgIpc) is 2.72. The van der Waals surface area contributed by atoms with Crippen LogP contribution in [0.5, 0.6) is 0 Å². The Morgan fingerprint density at radius 2 is 1.68 bits per heavy atom. The highest BCUT2D eigenvalue weighted by Crippen LogP contribution is 2.23. The van der Waals surface area contributed by atoms with Crippen LogP contribution in [0.1, 0.15) is 19.4 Å². The summed E-state index contributed by atoms with van der Waals surface area (Å²) in [5.74, 6) is -0.101. The number of hydrogen-bond donors (Lipinski definition) is 0. The molecule has 1 fully saturated rings. The van der Waals surface area contributed by atoms with E-state index in [9.17, 15) is 13.2 Å². The maximum atomic E-state index is 12.4. The van der Waals surface area contributed by atoms with Crippen molar-refractivity contribution >= 4 is 15.8 Å². The second-order valence-electron chi connectivity index (χ2n) is 4.99. The van der Waals surface area contributed by atoms with Crippen LogP contribution in [0.3, 0.4) is 0 Å². The molecule has 1 aliphatic heterocycles. The van der Waals surface area contributed by atoms with Crippen LogP contribution in [-0.4, -0.2) is 31.6 Å². The summed E-state index contributed by atoms with van der Waals surface area (Å²) in [5.41, 5.74) is 2.49. The third-order valence-electron chi connectivity index (χ3n) is 3.25. The van der Waals surface area contributed by atoms with Gasteiger partial charge in [-0.05, 0) is 32.9 Å². The minimum atomic E-state index is -3.58. The maximum absolute atomic E-state index is 12.4. The van der Waals surface area contributed by atoms with Gasteiger partial charge in [0, 0.05) is 12.1 Å². The van der Waals surface area contributed by atoms with E-state index in [0.717, 1.165) is 11.1 Å². The number of rotatable bonds is 2. The van der Waals surface area contributed by atoms with E-state index in [1.54, 1.807) is 24.3 Å². The van der Waals surface area contributed by atoms with E-state index in [4.69, 9.17) is 0 Å². The smallest absolute Gasteiger partial charge is 0.243 e. The molecule has 5 heteroatoms. The van der Waals surface area contributed by atoms with Gasteiger partial charge in [0.2, 0.25) is 10.0 Å². The molecule has 0 bridgehead atoms. The summed E-state index contributed by atoms with van der Waals surface area (Å²) in [4.78, 5) is 12.0. The van der Waals surface area contributed by atoms with Crippen molar-refractivity contribution in [2.75, 3.05) is 13.1 Å². The zero-order valence-corrected chi connectivity index (χ0v) is 12.1. The predicted octanol–water partition coefficient (Wildman–Crippen LogP) is 1.90.